The summed E-state index contributed by atoms with van der Waals surface area (Å²) in [4.78, 5) is 0. The van der Waals surface area contributed by atoms with Gasteiger partial charge in [0.15, 0.2) is 0 Å². The van der Waals surface area contributed by atoms with Gasteiger partial charge in [0, 0.05) is 46.3 Å². The molecule has 0 spiro atoms. The molecular weight excluding hydrogens is 1300 g/mol. The van der Waals surface area contributed by atoms with Gasteiger partial charge in [-0.15, -0.1) is 0 Å². The van der Waals surface area contributed by atoms with E-state index >= 15 is 0 Å². The molecule has 5 aromatic rings. The number of hydrogen-bond acceptors (Lipinski definition) is 16. The maximum atomic E-state index is 7.47. The summed E-state index contributed by atoms with van der Waals surface area (Å²) in [7, 11) is 0. The highest BCUT2D eigenvalue weighted by Gasteiger charge is 2.42. The Labute approximate surface area is 607 Å². The van der Waals surface area contributed by atoms with Gasteiger partial charge in [-0.05, 0) is 137 Å². The Hall–Kier alpha value is -7.38. The van der Waals surface area contributed by atoms with Crippen LogP contribution in [0.15, 0.2) is 179 Å². The summed E-state index contributed by atoms with van der Waals surface area (Å²) in [5.74, 6) is 6.95. The minimum absolute atomic E-state index is 0.00194. The molecule has 0 bridgehead atoms. The van der Waals surface area contributed by atoms with Crippen molar-refractivity contribution in [2.75, 3.05) is 106 Å². The lowest BCUT2D eigenvalue weighted by molar-refractivity contribution is 0.139. The SMILES string of the molecule is CC(C)(C1=CC=C(OCC2CO2)CC1)C1=CC(CC2CC(C(C)(C)c3ccc(OCC4CO4)cc3)=CC(Cc3cc(C(C)(C)c4ccc(OCC5CO5)cc4)ccc3OCC3CO3)=C2OCC2CO2)=C(OCC2CO2)C(Cc2cc(C(C)(C)c3ccc(OCC4CO4)cc3)ccc2OCC2CO2)C1. The van der Waals surface area contributed by atoms with Crippen molar-refractivity contribution >= 4 is 0 Å². The summed E-state index contributed by atoms with van der Waals surface area (Å²) >= 11 is 0. The number of epoxide rings is 8. The van der Waals surface area contributed by atoms with Crippen molar-refractivity contribution in [3.8, 4) is 28.7 Å². The molecule has 8 heterocycles. The summed E-state index contributed by atoms with van der Waals surface area (Å²) in [6, 6.07) is 39.4. The van der Waals surface area contributed by atoms with Crippen molar-refractivity contribution < 1.29 is 75.8 Å². The van der Waals surface area contributed by atoms with Crippen molar-refractivity contribution in [3.05, 3.63) is 218 Å². The molecule has 8 fully saturated rings. The number of allylic oxidation sites excluding steroid dienone is 12. The second-order valence-corrected chi connectivity index (χ2v) is 32.2. The van der Waals surface area contributed by atoms with Gasteiger partial charge < -0.3 is 75.8 Å². The van der Waals surface area contributed by atoms with Gasteiger partial charge in [0.05, 0.1) is 58.6 Å². The predicted octanol–water partition coefficient (Wildman–Crippen LogP) is 14.7. The van der Waals surface area contributed by atoms with Crippen molar-refractivity contribution in [2.24, 2.45) is 17.3 Å². The third-order valence-electron chi connectivity index (χ3n) is 22.8. The highest BCUT2D eigenvalue weighted by Crippen LogP contribution is 2.52. The first-order valence-electron chi connectivity index (χ1n) is 37.7. The molecule has 8 aliphatic heterocycles. The number of hydrogen-bond donors (Lipinski definition) is 0. The normalized spacial score (nSPS) is 26.1. The molecule has 3 aliphatic carbocycles. The van der Waals surface area contributed by atoms with E-state index in [1.165, 1.54) is 50.1 Å². The van der Waals surface area contributed by atoms with Gasteiger partial charge >= 0.3 is 0 Å². The lowest BCUT2D eigenvalue weighted by atomic mass is 9.66. The first-order chi connectivity index (χ1) is 49.9. The quantitative estimate of drug-likeness (QED) is 0.0341. The Morgan fingerprint density at radius 3 is 1.10 bits per heavy atom. The second kappa shape index (κ2) is 29.5. The summed E-state index contributed by atoms with van der Waals surface area (Å²) < 4.78 is 99.0. The third kappa shape index (κ3) is 17.6. The van der Waals surface area contributed by atoms with Gasteiger partial charge in [0.1, 0.15) is 142 Å². The van der Waals surface area contributed by atoms with E-state index in [1.54, 1.807) is 0 Å². The number of rotatable bonds is 38. The lowest BCUT2D eigenvalue weighted by Gasteiger charge is -2.40. The topological polar surface area (TPSA) is 174 Å². The standard InChI is InChI=1S/C87H102O16/c1-84(2,60-9-19-68(20-10-60)88-38-72-42-92-72)64-17-27-80(100-50-76-46-96-76)54(32-64)29-56-34-66(86(5,6)62-13-23-70(24-14-62)90-40-74-44-94-74)36-58(82(56)102-52-78-48-98-78)31-59-37-67(87(7,8)63-15-25-71(26-16-63)91-41-75-45-95-75)35-57(83(59)103-53-79-49-99-79)30-55-33-65(18-28-81(55)101-51-77-47-97-77)85(3,4)61-11-21-69(22-12-61)89-39-73-43-93-73/h9-15,17-25,27-28,32-34,37,57-58,72-79H,16,26,29-31,35-36,38-53H2,1-8H3. The predicted molar refractivity (Wildman–Crippen MR) is 390 cm³/mol. The van der Waals surface area contributed by atoms with Gasteiger partial charge in [0.25, 0.3) is 0 Å². The molecule has 16 heteroatoms. The van der Waals surface area contributed by atoms with E-state index in [4.69, 9.17) is 75.8 Å². The van der Waals surface area contributed by atoms with Gasteiger partial charge in [-0.2, -0.15) is 0 Å². The summed E-state index contributed by atoms with van der Waals surface area (Å²) in [5, 5.41) is 0. The van der Waals surface area contributed by atoms with Gasteiger partial charge in [-0.3, -0.25) is 0 Å². The Bertz CT molecular complexity index is 4050. The van der Waals surface area contributed by atoms with Crippen LogP contribution in [-0.2, 0) is 81.2 Å². The molecular formula is C87H102O16. The zero-order valence-electron chi connectivity index (χ0n) is 61.3. The summed E-state index contributed by atoms with van der Waals surface area (Å²) in [5.41, 5.74) is 12.9. The van der Waals surface area contributed by atoms with E-state index in [2.05, 4.69) is 189 Å². The molecule has 0 amide bonds. The van der Waals surface area contributed by atoms with Crippen LogP contribution in [0.1, 0.15) is 126 Å². The molecule has 11 aliphatic rings. The Kier molecular flexibility index (Phi) is 20.0. The van der Waals surface area contributed by atoms with Crippen molar-refractivity contribution in [1.82, 2.24) is 0 Å². The van der Waals surface area contributed by atoms with Gasteiger partial charge in [-0.25, -0.2) is 0 Å². The molecule has 10 unspecified atom stereocenters. The van der Waals surface area contributed by atoms with Crippen LogP contribution in [-0.4, -0.2) is 155 Å². The maximum Gasteiger partial charge on any atom is 0.122 e. The highest BCUT2D eigenvalue weighted by molar-refractivity contribution is 5.53. The van der Waals surface area contributed by atoms with E-state index in [0.29, 0.717) is 98.5 Å². The van der Waals surface area contributed by atoms with Crippen molar-refractivity contribution in [2.45, 2.75) is 165 Å². The Morgan fingerprint density at radius 2 is 0.670 bits per heavy atom. The van der Waals surface area contributed by atoms with E-state index in [-0.39, 0.29) is 76.9 Å². The summed E-state index contributed by atoms with van der Waals surface area (Å²) in [6.45, 7) is 28.6. The molecule has 0 radical (unpaired) electrons. The van der Waals surface area contributed by atoms with Crippen LogP contribution in [0.5, 0.6) is 28.7 Å². The van der Waals surface area contributed by atoms with Crippen LogP contribution in [0, 0.1) is 17.3 Å². The fourth-order valence-corrected chi connectivity index (χ4v) is 14.8. The monoisotopic (exact) mass is 1400 g/mol. The van der Waals surface area contributed by atoms with Crippen LogP contribution in [0.25, 0.3) is 0 Å². The van der Waals surface area contributed by atoms with Crippen LogP contribution in [0.2, 0.25) is 0 Å². The van der Waals surface area contributed by atoms with E-state index in [9.17, 15) is 0 Å². The molecule has 5 aromatic carbocycles. The summed E-state index contributed by atoms with van der Waals surface area (Å²) in [6.07, 6.45) is 15.4. The Morgan fingerprint density at radius 1 is 0.320 bits per heavy atom. The molecule has 103 heavy (non-hydrogen) atoms. The van der Waals surface area contributed by atoms with Gasteiger partial charge in [0.2, 0.25) is 0 Å². The molecule has 8 saturated heterocycles. The third-order valence-corrected chi connectivity index (χ3v) is 22.8. The zero-order valence-corrected chi connectivity index (χ0v) is 61.3. The fraction of sp³-hybridized carbons (Fsp3) is 0.517. The van der Waals surface area contributed by atoms with Crippen LogP contribution < -0.4 is 23.7 Å². The van der Waals surface area contributed by atoms with Crippen LogP contribution in [0.3, 0.4) is 0 Å². The number of benzene rings is 5. The average molecular weight is 1400 g/mol. The smallest absolute Gasteiger partial charge is 0.122 e. The Balaban J connectivity index is 0.809. The average Bonchev–Trinajstić information content (AvgIpc) is 1.76. The minimum atomic E-state index is -0.437. The number of ether oxygens (including phenoxy) is 16. The maximum absolute atomic E-state index is 7.47. The molecule has 0 saturated carbocycles. The first kappa shape index (κ1) is 70.0. The van der Waals surface area contributed by atoms with E-state index in [1.807, 2.05) is 0 Å². The first-order valence-corrected chi connectivity index (χ1v) is 37.7. The van der Waals surface area contributed by atoms with E-state index < -0.39 is 5.41 Å². The second-order valence-electron chi connectivity index (χ2n) is 32.2. The minimum Gasteiger partial charge on any atom is -0.495 e. The van der Waals surface area contributed by atoms with E-state index in [0.717, 1.165) is 115 Å². The van der Waals surface area contributed by atoms with Crippen molar-refractivity contribution in [1.29, 1.82) is 0 Å². The molecule has 0 aromatic heterocycles. The van der Waals surface area contributed by atoms with Crippen molar-refractivity contribution in [3.63, 3.8) is 0 Å². The molecule has 10 atom stereocenters. The van der Waals surface area contributed by atoms with Crippen LogP contribution >= 0.6 is 0 Å². The molecule has 546 valence electrons. The largest absolute Gasteiger partial charge is 0.495 e. The molecule has 0 N–H and O–H groups in total. The molecule has 16 nitrogen and oxygen atoms in total. The van der Waals surface area contributed by atoms with Crippen LogP contribution in [0.4, 0.5) is 0 Å². The molecule has 16 rings (SSSR count). The fourth-order valence-electron chi connectivity index (χ4n) is 14.8. The zero-order chi connectivity index (χ0) is 70.5. The highest BCUT2D eigenvalue weighted by atomic mass is 16.6. The lowest BCUT2D eigenvalue weighted by Crippen LogP contribution is -2.30. The van der Waals surface area contributed by atoms with Gasteiger partial charge in [-0.1, -0.05) is 151 Å².